The third-order valence-corrected chi connectivity index (χ3v) is 7.94. The molecule has 2 amide bonds. The number of hydrogen-bond donors (Lipinski definition) is 2. The van der Waals surface area contributed by atoms with E-state index in [1.54, 1.807) is 19.2 Å². The number of amides is 2. The monoisotopic (exact) mass is 553 g/mol. The molecule has 3 aromatic carbocycles. The van der Waals surface area contributed by atoms with Crippen LogP contribution in [0.3, 0.4) is 0 Å². The first-order valence-corrected chi connectivity index (χ1v) is 14.4. The molecule has 0 spiro atoms. The van der Waals surface area contributed by atoms with Crippen molar-refractivity contribution >= 4 is 22.8 Å². The van der Waals surface area contributed by atoms with E-state index < -0.39 is 5.91 Å². The third kappa shape index (κ3) is 6.84. The van der Waals surface area contributed by atoms with Crippen LogP contribution in [0.4, 0.5) is 0 Å². The summed E-state index contributed by atoms with van der Waals surface area (Å²) in [4.78, 5) is 31.6. The van der Waals surface area contributed by atoms with Gasteiger partial charge in [0.1, 0.15) is 5.82 Å². The van der Waals surface area contributed by atoms with Crippen molar-refractivity contribution in [2.75, 3.05) is 26.8 Å². The van der Waals surface area contributed by atoms with Crippen molar-refractivity contribution in [1.82, 2.24) is 14.5 Å². The Morgan fingerprint density at radius 1 is 1.02 bits per heavy atom. The maximum Gasteiger partial charge on any atom is 0.248 e. The number of rotatable bonds is 11. The minimum absolute atomic E-state index is 0.107. The van der Waals surface area contributed by atoms with Gasteiger partial charge >= 0.3 is 0 Å². The number of carbonyl (C=O) groups excluding carboxylic acids is 2. The molecule has 2 atom stereocenters. The fraction of sp³-hybridized carbons (Fsp3) is 0.364. The minimum atomic E-state index is -0.437. The third-order valence-electron chi connectivity index (χ3n) is 7.94. The standard InChI is InChI=1S/C33H39N5O3/c1-41-19-5-18-38-30-8-3-2-7-29(30)36-33(38)27-6-4-17-37(22-27)31(39)21-28(34)20-23-9-11-24(12-10-23)25-13-15-26(16-14-25)32(35)40/h2-3,7-16,27-28H,4-6,17-22,34H2,1H3,(H2,35,40)/t27-,28-/m1/s1. The molecule has 41 heavy (non-hydrogen) atoms. The average molecular weight is 554 g/mol. The number of ether oxygens (including phenoxy) is 1. The molecule has 1 fully saturated rings. The van der Waals surface area contributed by atoms with Crippen LogP contribution in [0.5, 0.6) is 0 Å². The van der Waals surface area contributed by atoms with E-state index in [0.717, 1.165) is 65.9 Å². The zero-order chi connectivity index (χ0) is 28.8. The number of nitrogens with zero attached hydrogens (tertiary/aromatic N) is 3. The molecule has 0 aliphatic carbocycles. The van der Waals surface area contributed by atoms with Crippen LogP contribution >= 0.6 is 0 Å². The van der Waals surface area contributed by atoms with Gasteiger partial charge in [0.2, 0.25) is 11.8 Å². The van der Waals surface area contributed by atoms with Crippen LogP contribution < -0.4 is 11.5 Å². The van der Waals surface area contributed by atoms with E-state index in [0.29, 0.717) is 31.6 Å². The smallest absolute Gasteiger partial charge is 0.248 e. The van der Waals surface area contributed by atoms with E-state index >= 15 is 0 Å². The number of aryl methyl sites for hydroxylation is 1. The number of nitrogens with two attached hydrogens (primary N) is 2. The lowest BCUT2D eigenvalue weighted by molar-refractivity contribution is -0.132. The summed E-state index contributed by atoms with van der Waals surface area (Å²) in [6, 6.07) is 23.4. The first kappa shape index (κ1) is 28.5. The molecule has 214 valence electrons. The van der Waals surface area contributed by atoms with Crippen molar-refractivity contribution in [1.29, 1.82) is 0 Å². The van der Waals surface area contributed by atoms with Gasteiger partial charge in [0.25, 0.3) is 0 Å². The predicted molar refractivity (Wildman–Crippen MR) is 161 cm³/mol. The van der Waals surface area contributed by atoms with Crippen LogP contribution in [0.2, 0.25) is 0 Å². The molecule has 4 N–H and O–H groups in total. The van der Waals surface area contributed by atoms with Crippen LogP contribution in [0.1, 0.15) is 53.3 Å². The number of piperidine rings is 1. The topological polar surface area (TPSA) is 116 Å². The van der Waals surface area contributed by atoms with Crippen LogP contribution in [0.15, 0.2) is 72.8 Å². The molecule has 8 heteroatoms. The number of hydrogen-bond acceptors (Lipinski definition) is 5. The first-order chi connectivity index (χ1) is 19.9. The fourth-order valence-electron chi connectivity index (χ4n) is 5.81. The predicted octanol–water partition coefficient (Wildman–Crippen LogP) is 4.50. The summed E-state index contributed by atoms with van der Waals surface area (Å²) in [6.45, 7) is 2.97. The quantitative estimate of drug-likeness (QED) is 0.265. The number of primary amides is 1. The number of aromatic nitrogens is 2. The Morgan fingerprint density at radius 2 is 1.73 bits per heavy atom. The Morgan fingerprint density at radius 3 is 2.44 bits per heavy atom. The SMILES string of the molecule is COCCCn1c([C@@H]2CCCN(C(=O)C[C@H](N)Cc3ccc(-c4ccc(C(N)=O)cc4)cc3)C2)nc2ccccc21. The van der Waals surface area contributed by atoms with Gasteiger partial charge in [0, 0.05) is 57.3 Å². The lowest BCUT2D eigenvalue weighted by atomic mass is 9.95. The van der Waals surface area contributed by atoms with Crippen molar-refractivity contribution in [3.63, 3.8) is 0 Å². The molecule has 4 aromatic rings. The number of likely N-dealkylation sites (tertiary alicyclic amines) is 1. The lowest BCUT2D eigenvalue weighted by Gasteiger charge is -2.33. The maximum atomic E-state index is 13.3. The van der Waals surface area contributed by atoms with Crippen LogP contribution in [0.25, 0.3) is 22.2 Å². The summed E-state index contributed by atoms with van der Waals surface area (Å²) in [5.41, 5.74) is 17.6. The van der Waals surface area contributed by atoms with Crippen LogP contribution in [-0.4, -0.2) is 59.1 Å². The van der Waals surface area contributed by atoms with Crippen LogP contribution in [0, 0.1) is 0 Å². The summed E-state index contributed by atoms with van der Waals surface area (Å²) in [5.74, 6) is 0.931. The van der Waals surface area contributed by atoms with E-state index in [2.05, 4.69) is 22.8 Å². The number of methoxy groups -OCH3 is 1. The molecule has 2 heterocycles. The molecule has 0 unspecified atom stereocenters. The summed E-state index contributed by atoms with van der Waals surface area (Å²) in [7, 11) is 1.73. The molecular weight excluding hydrogens is 514 g/mol. The van der Waals surface area contributed by atoms with Crippen molar-refractivity contribution < 1.29 is 14.3 Å². The minimum Gasteiger partial charge on any atom is -0.385 e. The highest BCUT2D eigenvalue weighted by molar-refractivity contribution is 5.93. The Bertz CT molecular complexity index is 1480. The van der Waals surface area contributed by atoms with Gasteiger partial charge in [-0.2, -0.15) is 0 Å². The fourth-order valence-corrected chi connectivity index (χ4v) is 5.81. The number of para-hydroxylation sites is 2. The van der Waals surface area contributed by atoms with Crippen molar-refractivity contribution in [3.05, 3.63) is 89.7 Å². The van der Waals surface area contributed by atoms with Crippen molar-refractivity contribution in [3.8, 4) is 11.1 Å². The Labute approximate surface area is 241 Å². The summed E-state index contributed by atoms with van der Waals surface area (Å²) < 4.78 is 7.60. The lowest BCUT2D eigenvalue weighted by Crippen LogP contribution is -2.42. The Balaban J connectivity index is 1.19. The largest absolute Gasteiger partial charge is 0.385 e. The zero-order valence-electron chi connectivity index (χ0n) is 23.7. The second-order valence-electron chi connectivity index (χ2n) is 10.9. The summed E-state index contributed by atoms with van der Waals surface area (Å²) >= 11 is 0. The summed E-state index contributed by atoms with van der Waals surface area (Å²) in [5, 5.41) is 0. The molecule has 1 aliphatic heterocycles. The highest BCUT2D eigenvalue weighted by Gasteiger charge is 2.29. The van der Waals surface area contributed by atoms with E-state index in [-0.39, 0.29) is 17.9 Å². The van der Waals surface area contributed by atoms with E-state index in [4.69, 9.17) is 21.2 Å². The second-order valence-corrected chi connectivity index (χ2v) is 10.9. The van der Waals surface area contributed by atoms with E-state index in [9.17, 15) is 9.59 Å². The highest BCUT2D eigenvalue weighted by atomic mass is 16.5. The van der Waals surface area contributed by atoms with Gasteiger partial charge in [-0.25, -0.2) is 4.98 Å². The maximum absolute atomic E-state index is 13.3. The number of imidazole rings is 1. The molecule has 0 saturated carbocycles. The van der Waals surface area contributed by atoms with Gasteiger partial charge in [-0.05, 0) is 66.6 Å². The van der Waals surface area contributed by atoms with Crippen molar-refractivity contribution in [2.45, 2.75) is 50.6 Å². The zero-order valence-corrected chi connectivity index (χ0v) is 23.7. The molecular formula is C33H39N5O3. The Kier molecular flexibility index (Phi) is 9.11. The van der Waals surface area contributed by atoms with Crippen LogP contribution in [-0.2, 0) is 22.5 Å². The summed E-state index contributed by atoms with van der Waals surface area (Å²) in [6.07, 6.45) is 3.82. The first-order valence-electron chi connectivity index (χ1n) is 14.4. The molecule has 8 nitrogen and oxygen atoms in total. The van der Waals surface area contributed by atoms with E-state index in [1.807, 2.05) is 47.4 Å². The average Bonchev–Trinajstić information content (AvgIpc) is 3.36. The van der Waals surface area contributed by atoms with Gasteiger partial charge in [-0.15, -0.1) is 0 Å². The second kappa shape index (κ2) is 13.1. The molecule has 0 radical (unpaired) electrons. The molecule has 0 bridgehead atoms. The van der Waals surface area contributed by atoms with Gasteiger partial charge in [-0.3, -0.25) is 9.59 Å². The van der Waals surface area contributed by atoms with E-state index in [1.165, 1.54) is 0 Å². The van der Waals surface area contributed by atoms with Gasteiger partial charge < -0.3 is 25.7 Å². The van der Waals surface area contributed by atoms with Gasteiger partial charge in [0.05, 0.1) is 11.0 Å². The number of fused-ring (bicyclic) bond motifs is 1. The molecule has 5 rings (SSSR count). The normalized spacial score (nSPS) is 16.1. The van der Waals surface area contributed by atoms with Crippen molar-refractivity contribution in [2.24, 2.45) is 11.5 Å². The molecule has 1 saturated heterocycles. The number of benzene rings is 3. The molecule has 1 aromatic heterocycles. The van der Waals surface area contributed by atoms with Gasteiger partial charge in [-0.1, -0.05) is 48.5 Å². The molecule has 1 aliphatic rings. The number of carbonyl (C=O) groups is 2. The Hall–Kier alpha value is -4.01. The highest BCUT2D eigenvalue weighted by Crippen LogP contribution is 2.30. The van der Waals surface area contributed by atoms with Gasteiger partial charge in [0.15, 0.2) is 0 Å².